The molecule has 0 rings (SSSR count). The minimum Gasteiger partial charge on any atom is -0.478 e. The van der Waals surface area contributed by atoms with Gasteiger partial charge in [0.2, 0.25) is 0 Å². The molecule has 0 aromatic rings. The molecule has 0 aliphatic rings. The molecule has 0 unspecified atom stereocenters. The summed E-state index contributed by atoms with van der Waals surface area (Å²) in [6.07, 6.45) is 7.17. The lowest BCUT2D eigenvalue weighted by atomic mass is 10.2. The standard InChI is InChI=1S/C13H18O4/c1-4-5-7-11(3)13(16)17-9-6-8-10(2)12(14)15/h4-5,7-8H,6,9H2,1-3H3,(H,14,15). The van der Waals surface area contributed by atoms with E-state index in [1.54, 1.807) is 19.1 Å². The van der Waals surface area contributed by atoms with Gasteiger partial charge in [0.25, 0.3) is 0 Å². The van der Waals surface area contributed by atoms with Crippen LogP contribution in [0.3, 0.4) is 0 Å². The highest BCUT2D eigenvalue weighted by Gasteiger charge is 2.04. The zero-order chi connectivity index (χ0) is 13.3. The van der Waals surface area contributed by atoms with Crippen molar-refractivity contribution in [2.75, 3.05) is 6.61 Å². The minimum absolute atomic E-state index is 0.185. The number of allylic oxidation sites excluding steroid dienone is 3. The van der Waals surface area contributed by atoms with Gasteiger partial charge in [0.15, 0.2) is 0 Å². The summed E-state index contributed by atoms with van der Waals surface area (Å²) in [7, 11) is 0. The molecule has 4 heteroatoms. The Morgan fingerprint density at radius 3 is 2.41 bits per heavy atom. The normalized spacial score (nSPS) is 12.9. The zero-order valence-corrected chi connectivity index (χ0v) is 10.4. The zero-order valence-electron chi connectivity index (χ0n) is 10.4. The first-order valence-corrected chi connectivity index (χ1v) is 5.35. The van der Waals surface area contributed by atoms with E-state index in [1.807, 2.05) is 13.0 Å². The molecular formula is C13H18O4. The molecule has 0 radical (unpaired) electrons. The average molecular weight is 238 g/mol. The molecule has 17 heavy (non-hydrogen) atoms. The summed E-state index contributed by atoms with van der Waals surface area (Å²) in [5.41, 5.74) is 0.768. The summed E-state index contributed by atoms with van der Waals surface area (Å²) >= 11 is 0. The van der Waals surface area contributed by atoms with Gasteiger partial charge in [-0.3, -0.25) is 0 Å². The van der Waals surface area contributed by atoms with Crippen LogP contribution in [-0.2, 0) is 14.3 Å². The topological polar surface area (TPSA) is 63.6 Å². The van der Waals surface area contributed by atoms with E-state index in [0.29, 0.717) is 12.0 Å². The molecule has 0 saturated carbocycles. The first-order valence-electron chi connectivity index (χ1n) is 5.35. The molecule has 0 aliphatic heterocycles. The summed E-state index contributed by atoms with van der Waals surface area (Å²) in [6, 6.07) is 0. The minimum atomic E-state index is -0.958. The second kappa shape index (κ2) is 8.33. The highest BCUT2D eigenvalue weighted by atomic mass is 16.5. The summed E-state index contributed by atoms with van der Waals surface area (Å²) < 4.78 is 4.95. The van der Waals surface area contributed by atoms with Crippen molar-refractivity contribution in [3.05, 3.63) is 35.5 Å². The number of aliphatic carboxylic acids is 1. The van der Waals surface area contributed by atoms with Crippen LogP contribution in [0.5, 0.6) is 0 Å². The molecule has 0 aromatic carbocycles. The van der Waals surface area contributed by atoms with E-state index in [4.69, 9.17) is 9.84 Å². The molecular weight excluding hydrogens is 220 g/mol. The molecule has 0 aliphatic carbocycles. The van der Waals surface area contributed by atoms with Crippen LogP contribution >= 0.6 is 0 Å². The number of carboxylic acid groups (broad SMARTS) is 1. The Kier molecular flexibility index (Phi) is 7.43. The van der Waals surface area contributed by atoms with Gasteiger partial charge in [-0.15, -0.1) is 0 Å². The molecule has 1 N–H and O–H groups in total. The monoisotopic (exact) mass is 238 g/mol. The van der Waals surface area contributed by atoms with Crippen LogP contribution in [0.1, 0.15) is 27.2 Å². The summed E-state index contributed by atoms with van der Waals surface area (Å²) in [5, 5.41) is 8.58. The SMILES string of the molecule is CC=CC=C(C)C(=O)OCCC=C(C)C(=O)O. The van der Waals surface area contributed by atoms with Crippen molar-refractivity contribution < 1.29 is 19.4 Å². The van der Waals surface area contributed by atoms with Gasteiger partial charge >= 0.3 is 11.9 Å². The molecule has 0 saturated heterocycles. The predicted molar refractivity (Wildman–Crippen MR) is 65.5 cm³/mol. The highest BCUT2D eigenvalue weighted by Crippen LogP contribution is 2.00. The van der Waals surface area contributed by atoms with Gasteiger partial charge in [-0.05, 0) is 20.8 Å². The molecule has 0 heterocycles. The smallest absolute Gasteiger partial charge is 0.333 e. The fourth-order valence-electron chi connectivity index (χ4n) is 0.937. The van der Waals surface area contributed by atoms with Gasteiger partial charge < -0.3 is 9.84 Å². The van der Waals surface area contributed by atoms with Crippen molar-refractivity contribution >= 4 is 11.9 Å². The van der Waals surface area contributed by atoms with Crippen LogP contribution in [0.25, 0.3) is 0 Å². The Morgan fingerprint density at radius 1 is 1.24 bits per heavy atom. The van der Waals surface area contributed by atoms with E-state index in [-0.39, 0.29) is 18.1 Å². The van der Waals surface area contributed by atoms with Crippen molar-refractivity contribution in [2.24, 2.45) is 0 Å². The maximum Gasteiger partial charge on any atom is 0.333 e. The summed E-state index contributed by atoms with van der Waals surface area (Å²) in [5.74, 6) is -1.34. The van der Waals surface area contributed by atoms with Crippen LogP contribution in [0.15, 0.2) is 35.5 Å². The lowest BCUT2D eigenvalue weighted by Gasteiger charge is -2.02. The molecule has 0 amide bonds. The average Bonchev–Trinajstić information content (AvgIpc) is 2.30. The molecule has 4 nitrogen and oxygen atoms in total. The van der Waals surface area contributed by atoms with Gasteiger partial charge in [0.05, 0.1) is 6.61 Å². The number of hydrogen-bond donors (Lipinski definition) is 1. The van der Waals surface area contributed by atoms with Crippen LogP contribution in [0, 0.1) is 0 Å². The Hall–Kier alpha value is -1.84. The number of esters is 1. The molecule has 0 spiro atoms. The molecule has 0 fully saturated rings. The van der Waals surface area contributed by atoms with Crippen LogP contribution in [0.4, 0.5) is 0 Å². The number of carboxylic acids is 1. The predicted octanol–water partition coefficient (Wildman–Crippen LogP) is 2.47. The van der Waals surface area contributed by atoms with Gasteiger partial charge in [-0.2, -0.15) is 0 Å². The largest absolute Gasteiger partial charge is 0.478 e. The Morgan fingerprint density at radius 2 is 1.88 bits per heavy atom. The quantitative estimate of drug-likeness (QED) is 0.334. The van der Waals surface area contributed by atoms with Crippen molar-refractivity contribution in [1.82, 2.24) is 0 Å². The third-order valence-corrected chi connectivity index (χ3v) is 2.00. The van der Waals surface area contributed by atoms with Crippen molar-refractivity contribution in [2.45, 2.75) is 27.2 Å². The van der Waals surface area contributed by atoms with Crippen molar-refractivity contribution in [3.8, 4) is 0 Å². The lowest BCUT2D eigenvalue weighted by molar-refractivity contribution is -0.138. The Bertz CT molecular complexity index is 362. The van der Waals surface area contributed by atoms with E-state index in [9.17, 15) is 9.59 Å². The Labute approximate surface area is 101 Å². The number of rotatable bonds is 6. The molecule has 0 aromatic heterocycles. The third-order valence-electron chi connectivity index (χ3n) is 2.00. The summed E-state index contributed by atoms with van der Waals surface area (Å²) in [6.45, 7) is 5.21. The fourth-order valence-corrected chi connectivity index (χ4v) is 0.937. The Balaban J connectivity index is 4.02. The van der Waals surface area contributed by atoms with E-state index < -0.39 is 5.97 Å². The van der Waals surface area contributed by atoms with Crippen molar-refractivity contribution in [3.63, 3.8) is 0 Å². The third kappa shape index (κ3) is 7.11. The maximum atomic E-state index is 11.4. The number of carbonyl (C=O) groups is 2. The maximum absolute atomic E-state index is 11.4. The second-order valence-corrected chi connectivity index (χ2v) is 3.49. The van der Waals surface area contributed by atoms with E-state index in [2.05, 4.69) is 0 Å². The van der Waals surface area contributed by atoms with Crippen LogP contribution < -0.4 is 0 Å². The number of ether oxygens (including phenoxy) is 1. The van der Waals surface area contributed by atoms with E-state index >= 15 is 0 Å². The van der Waals surface area contributed by atoms with Crippen LogP contribution in [0.2, 0.25) is 0 Å². The number of hydrogen-bond acceptors (Lipinski definition) is 3. The molecule has 94 valence electrons. The fraction of sp³-hybridized carbons (Fsp3) is 0.385. The van der Waals surface area contributed by atoms with Gasteiger partial charge in [0, 0.05) is 17.6 Å². The van der Waals surface area contributed by atoms with Crippen LogP contribution in [-0.4, -0.2) is 23.7 Å². The van der Waals surface area contributed by atoms with Gasteiger partial charge in [0.1, 0.15) is 0 Å². The molecule has 0 bridgehead atoms. The van der Waals surface area contributed by atoms with Gasteiger partial charge in [-0.1, -0.05) is 24.3 Å². The van der Waals surface area contributed by atoms with E-state index in [0.717, 1.165) is 0 Å². The van der Waals surface area contributed by atoms with E-state index in [1.165, 1.54) is 13.0 Å². The summed E-state index contributed by atoms with van der Waals surface area (Å²) in [4.78, 5) is 21.8. The first kappa shape index (κ1) is 15.2. The highest BCUT2D eigenvalue weighted by molar-refractivity contribution is 5.88. The van der Waals surface area contributed by atoms with Gasteiger partial charge in [-0.25, -0.2) is 9.59 Å². The number of carbonyl (C=O) groups excluding carboxylic acids is 1. The van der Waals surface area contributed by atoms with Crippen molar-refractivity contribution in [1.29, 1.82) is 0 Å². The second-order valence-electron chi connectivity index (χ2n) is 3.49. The molecule has 0 atom stereocenters. The first-order chi connectivity index (χ1) is 7.99. The lowest BCUT2D eigenvalue weighted by Crippen LogP contribution is -2.06.